The summed E-state index contributed by atoms with van der Waals surface area (Å²) >= 11 is 0. The first-order valence-corrected chi connectivity index (χ1v) is 7.30. The van der Waals surface area contributed by atoms with Gasteiger partial charge in [0.15, 0.2) is 5.78 Å². The number of carbonyl (C=O) groups is 1. The minimum absolute atomic E-state index is 0.174. The van der Waals surface area contributed by atoms with Gasteiger partial charge in [-0.05, 0) is 25.3 Å². The molecular weight excluding hydrogens is 248 g/mol. The van der Waals surface area contributed by atoms with Crippen molar-refractivity contribution < 1.29 is 4.79 Å². The van der Waals surface area contributed by atoms with E-state index >= 15 is 0 Å². The fraction of sp³-hybridized carbons (Fsp3) is 0.412. The number of aryl methyl sites for hydroxylation is 1. The number of nitrogens with zero attached hydrogens (tertiary/aromatic N) is 2. The zero-order valence-corrected chi connectivity index (χ0v) is 12.5. The molecule has 0 saturated heterocycles. The van der Waals surface area contributed by atoms with E-state index in [0.29, 0.717) is 5.56 Å². The van der Waals surface area contributed by atoms with Crippen LogP contribution in [-0.4, -0.2) is 15.6 Å². The van der Waals surface area contributed by atoms with Crippen LogP contribution in [0.3, 0.4) is 0 Å². The van der Waals surface area contributed by atoms with Gasteiger partial charge in [-0.15, -0.1) is 0 Å². The van der Waals surface area contributed by atoms with Gasteiger partial charge in [-0.3, -0.25) is 9.48 Å². The summed E-state index contributed by atoms with van der Waals surface area (Å²) in [6, 6.07) is 10.1. The predicted octanol–water partition coefficient (Wildman–Crippen LogP) is 3.84. The Morgan fingerprint density at radius 3 is 2.30 bits per heavy atom. The summed E-state index contributed by atoms with van der Waals surface area (Å²) < 4.78 is 1.80. The Morgan fingerprint density at radius 2 is 1.80 bits per heavy atom. The number of hydrogen-bond acceptors (Lipinski definition) is 2. The van der Waals surface area contributed by atoms with Crippen molar-refractivity contribution in [3.8, 4) is 0 Å². The normalized spacial score (nSPS) is 11.6. The summed E-state index contributed by atoms with van der Waals surface area (Å²) in [7, 11) is 0. The van der Waals surface area contributed by atoms with Gasteiger partial charge in [0.2, 0.25) is 0 Å². The fourth-order valence-corrected chi connectivity index (χ4v) is 2.80. The molecule has 0 bridgehead atoms. The molecule has 0 aliphatic carbocycles. The van der Waals surface area contributed by atoms with Crippen LogP contribution in [0.25, 0.3) is 0 Å². The van der Waals surface area contributed by atoms with Crippen LogP contribution >= 0.6 is 0 Å². The number of Topliss-reactive ketones (excluding diaryl/α,β-unsaturated/α-hetero) is 1. The third-order valence-electron chi connectivity index (χ3n) is 4.19. The largest absolute Gasteiger partial charge is 0.293 e. The average Bonchev–Trinajstić information content (AvgIpc) is 2.99. The van der Waals surface area contributed by atoms with Gasteiger partial charge in [0, 0.05) is 12.7 Å². The summed E-state index contributed by atoms with van der Waals surface area (Å²) in [6.45, 7) is 6.96. The maximum absolute atomic E-state index is 13.0. The number of benzene rings is 1. The minimum Gasteiger partial charge on any atom is -0.293 e. The average molecular weight is 270 g/mol. The molecule has 0 unspecified atom stereocenters. The Labute approximate surface area is 120 Å². The standard InChI is InChI=1S/C17H22N2O/c1-4-17(5-2,15-10-8-7-9-11-15)16(20)14-12-18-19(6-3)13-14/h7-13H,4-6H2,1-3H3. The second-order valence-electron chi connectivity index (χ2n) is 5.07. The van der Waals surface area contributed by atoms with Crippen molar-refractivity contribution in [1.29, 1.82) is 0 Å². The van der Waals surface area contributed by atoms with E-state index in [4.69, 9.17) is 0 Å². The molecule has 2 rings (SSSR count). The topological polar surface area (TPSA) is 34.9 Å². The van der Waals surface area contributed by atoms with Crippen molar-refractivity contribution in [3.63, 3.8) is 0 Å². The minimum atomic E-state index is -0.442. The molecule has 3 heteroatoms. The Hall–Kier alpha value is -1.90. The number of ketones is 1. The number of carbonyl (C=O) groups excluding carboxylic acids is 1. The predicted molar refractivity (Wildman–Crippen MR) is 80.9 cm³/mol. The third kappa shape index (κ3) is 2.40. The highest BCUT2D eigenvalue weighted by molar-refractivity contribution is 6.03. The second-order valence-corrected chi connectivity index (χ2v) is 5.07. The molecule has 20 heavy (non-hydrogen) atoms. The maximum Gasteiger partial charge on any atom is 0.176 e. The van der Waals surface area contributed by atoms with Crippen molar-refractivity contribution in [2.24, 2.45) is 0 Å². The summed E-state index contributed by atoms with van der Waals surface area (Å²) in [5.41, 5.74) is 1.36. The molecule has 0 amide bonds. The highest BCUT2D eigenvalue weighted by Gasteiger charge is 2.37. The highest BCUT2D eigenvalue weighted by Crippen LogP contribution is 2.35. The Morgan fingerprint density at radius 1 is 1.15 bits per heavy atom. The fourth-order valence-electron chi connectivity index (χ4n) is 2.80. The van der Waals surface area contributed by atoms with Crippen molar-refractivity contribution >= 4 is 5.78 Å². The van der Waals surface area contributed by atoms with E-state index in [1.165, 1.54) is 0 Å². The first kappa shape index (κ1) is 14.5. The lowest BCUT2D eigenvalue weighted by Gasteiger charge is -2.30. The van der Waals surface area contributed by atoms with E-state index < -0.39 is 5.41 Å². The lowest BCUT2D eigenvalue weighted by Crippen LogP contribution is -2.34. The van der Waals surface area contributed by atoms with E-state index in [-0.39, 0.29) is 5.78 Å². The van der Waals surface area contributed by atoms with E-state index in [2.05, 4.69) is 31.1 Å². The molecule has 1 aromatic carbocycles. The Bertz CT molecular complexity index is 568. The molecule has 3 nitrogen and oxygen atoms in total. The van der Waals surface area contributed by atoms with Gasteiger partial charge >= 0.3 is 0 Å². The molecule has 1 aromatic heterocycles. The van der Waals surface area contributed by atoms with Crippen LogP contribution in [0, 0.1) is 0 Å². The van der Waals surface area contributed by atoms with Gasteiger partial charge in [0.25, 0.3) is 0 Å². The number of hydrogen-bond donors (Lipinski definition) is 0. The molecule has 0 fully saturated rings. The van der Waals surface area contributed by atoms with Crippen molar-refractivity contribution in [2.45, 2.75) is 45.6 Å². The molecule has 0 atom stereocenters. The Balaban J connectivity index is 2.45. The van der Waals surface area contributed by atoms with Gasteiger partial charge in [-0.1, -0.05) is 44.2 Å². The maximum atomic E-state index is 13.0. The van der Waals surface area contributed by atoms with E-state index in [9.17, 15) is 4.79 Å². The first-order chi connectivity index (χ1) is 9.67. The van der Waals surface area contributed by atoms with E-state index in [1.807, 2.05) is 31.3 Å². The molecule has 0 spiro atoms. The molecule has 1 heterocycles. The molecule has 0 aliphatic heterocycles. The van der Waals surface area contributed by atoms with Gasteiger partial charge < -0.3 is 0 Å². The van der Waals surface area contributed by atoms with Gasteiger partial charge in [-0.2, -0.15) is 5.10 Å². The van der Waals surface area contributed by atoms with Crippen molar-refractivity contribution in [1.82, 2.24) is 9.78 Å². The van der Waals surface area contributed by atoms with Crippen molar-refractivity contribution in [3.05, 3.63) is 53.9 Å². The van der Waals surface area contributed by atoms with E-state index in [0.717, 1.165) is 24.9 Å². The SMILES string of the molecule is CCn1cc(C(=O)C(CC)(CC)c2ccccc2)cn1. The van der Waals surface area contributed by atoms with Gasteiger partial charge in [0.05, 0.1) is 17.2 Å². The van der Waals surface area contributed by atoms with Gasteiger partial charge in [0.1, 0.15) is 0 Å². The summed E-state index contributed by atoms with van der Waals surface area (Å²) in [6.07, 6.45) is 5.13. The Kier molecular flexibility index (Phi) is 4.38. The van der Waals surface area contributed by atoms with E-state index in [1.54, 1.807) is 10.9 Å². The zero-order chi connectivity index (χ0) is 14.6. The summed E-state index contributed by atoms with van der Waals surface area (Å²) in [5, 5.41) is 4.23. The lowest BCUT2D eigenvalue weighted by molar-refractivity contribution is 0.0873. The van der Waals surface area contributed by atoms with Crippen LogP contribution in [-0.2, 0) is 12.0 Å². The van der Waals surface area contributed by atoms with Crippen LogP contribution in [0.15, 0.2) is 42.7 Å². The molecule has 0 saturated carbocycles. The third-order valence-corrected chi connectivity index (χ3v) is 4.19. The molecule has 0 aliphatic rings. The van der Waals surface area contributed by atoms with Crippen LogP contribution in [0.5, 0.6) is 0 Å². The van der Waals surface area contributed by atoms with Crippen LogP contribution in [0.1, 0.15) is 49.5 Å². The number of rotatable bonds is 6. The van der Waals surface area contributed by atoms with Gasteiger partial charge in [-0.25, -0.2) is 0 Å². The lowest BCUT2D eigenvalue weighted by atomic mass is 9.71. The zero-order valence-electron chi connectivity index (χ0n) is 12.5. The molecule has 0 N–H and O–H groups in total. The number of aromatic nitrogens is 2. The van der Waals surface area contributed by atoms with Crippen LogP contribution in [0.4, 0.5) is 0 Å². The summed E-state index contributed by atoms with van der Waals surface area (Å²) in [4.78, 5) is 13.0. The molecule has 2 aromatic rings. The first-order valence-electron chi connectivity index (χ1n) is 7.30. The molecule has 0 radical (unpaired) electrons. The quantitative estimate of drug-likeness (QED) is 0.747. The van der Waals surface area contributed by atoms with Crippen LogP contribution in [0.2, 0.25) is 0 Å². The second kappa shape index (κ2) is 6.04. The smallest absolute Gasteiger partial charge is 0.176 e. The monoisotopic (exact) mass is 270 g/mol. The highest BCUT2D eigenvalue weighted by atomic mass is 16.1. The molecular formula is C17H22N2O. The van der Waals surface area contributed by atoms with Crippen LogP contribution < -0.4 is 0 Å². The molecule has 106 valence electrons. The summed E-state index contributed by atoms with van der Waals surface area (Å²) in [5.74, 6) is 0.174. The van der Waals surface area contributed by atoms with Crippen molar-refractivity contribution in [2.75, 3.05) is 0 Å².